The number of benzene rings is 1. The van der Waals surface area contributed by atoms with Crippen LogP contribution in [0.3, 0.4) is 0 Å². The van der Waals surface area contributed by atoms with Gasteiger partial charge in [0.1, 0.15) is 5.82 Å². The molecule has 2 N–H and O–H groups in total. The molecule has 2 rings (SSSR count). The first-order valence-corrected chi connectivity index (χ1v) is 6.66. The van der Waals surface area contributed by atoms with Crippen molar-refractivity contribution in [2.24, 2.45) is 11.7 Å². The van der Waals surface area contributed by atoms with E-state index < -0.39 is 12.1 Å². The van der Waals surface area contributed by atoms with Gasteiger partial charge in [-0.25, -0.2) is 4.39 Å². The van der Waals surface area contributed by atoms with Gasteiger partial charge in [0.05, 0.1) is 5.92 Å². The summed E-state index contributed by atoms with van der Waals surface area (Å²) in [6, 6.07) is 5.60. The maximum atomic E-state index is 12.8. The highest BCUT2D eigenvalue weighted by molar-refractivity contribution is 5.19. The fourth-order valence-corrected chi connectivity index (χ4v) is 2.54. The Bertz CT molecular complexity index is 422. The molecule has 1 saturated heterocycles. The van der Waals surface area contributed by atoms with Gasteiger partial charge in [0.2, 0.25) is 0 Å². The highest BCUT2D eigenvalue weighted by Crippen LogP contribution is 2.34. The van der Waals surface area contributed by atoms with Crippen LogP contribution in [0.25, 0.3) is 0 Å². The number of likely N-dealkylation sites (tertiary alicyclic amines) is 1. The van der Waals surface area contributed by atoms with Gasteiger partial charge >= 0.3 is 6.18 Å². The number of hydrogen-bond acceptors (Lipinski definition) is 2. The Balaban J connectivity index is 1.85. The number of piperidine rings is 1. The van der Waals surface area contributed by atoms with Crippen molar-refractivity contribution in [2.75, 3.05) is 19.6 Å². The van der Waals surface area contributed by atoms with E-state index in [1.807, 2.05) is 4.90 Å². The number of halogens is 4. The summed E-state index contributed by atoms with van der Waals surface area (Å²) in [7, 11) is 0. The second kappa shape index (κ2) is 6.10. The highest BCUT2D eigenvalue weighted by Gasteiger charge is 2.41. The minimum Gasteiger partial charge on any atom is -0.323 e. The van der Waals surface area contributed by atoms with Crippen molar-refractivity contribution < 1.29 is 17.6 Å². The van der Waals surface area contributed by atoms with Gasteiger partial charge in [0, 0.05) is 12.6 Å². The molecule has 0 spiro atoms. The maximum Gasteiger partial charge on any atom is 0.391 e. The van der Waals surface area contributed by atoms with Crippen LogP contribution in [0.15, 0.2) is 24.3 Å². The molecule has 0 bridgehead atoms. The molecule has 0 aliphatic carbocycles. The van der Waals surface area contributed by atoms with Crippen molar-refractivity contribution >= 4 is 0 Å². The van der Waals surface area contributed by atoms with Crippen LogP contribution in [0.1, 0.15) is 24.4 Å². The van der Waals surface area contributed by atoms with Crippen LogP contribution < -0.4 is 5.73 Å². The molecular formula is C14H18F4N2. The fourth-order valence-electron chi connectivity index (χ4n) is 2.54. The average molecular weight is 290 g/mol. The van der Waals surface area contributed by atoms with E-state index >= 15 is 0 Å². The van der Waals surface area contributed by atoms with Gasteiger partial charge in [0.15, 0.2) is 0 Å². The van der Waals surface area contributed by atoms with E-state index in [9.17, 15) is 17.6 Å². The predicted molar refractivity (Wildman–Crippen MR) is 68.5 cm³/mol. The minimum absolute atomic E-state index is 0.125. The molecule has 1 atom stereocenters. The zero-order chi connectivity index (χ0) is 14.8. The molecule has 1 aromatic rings. The Labute approximate surface area is 115 Å². The number of rotatable bonds is 3. The summed E-state index contributed by atoms with van der Waals surface area (Å²) in [6.45, 7) is 1.30. The zero-order valence-corrected chi connectivity index (χ0v) is 11.0. The zero-order valence-electron chi connectivity index (χ0n) is 11.0. The predicted octanol–water partition coefficient (Wildman–Crippen LogP) is 3.10. The van der Waals surface area contributed by atoms with E-state index in [1.165, 1.54) is 12.1 Å². The highest BCUT2D eigenvalue weighted by atomic mass is 19.4. The molecule has 1 fully saturated rings. The first-order chi connectivity index (χ1) is 9.36. The van der Waals surface area contributed by atoms with E-state index in [1.54, 1.807) is 12.1 Å². The molecular weight excluding hydrogens is 272 g/mol. The van der Waals surface area contributed by atoms with E-state index in [-0.39, 0.29) is 24.7 Å². The molecule has 0 radical (unpaired) electrons. The van der Waals surface area contributed by atoms with Gasteiger partial charge < -0.3 is 10.6 Å². The number of nitrogens with two attached hydrogens (primary N) is 1. The molecule has 20 heavy (non-hydrogen) atoms. The quantitative estimate of drug-likeness (QED) is 0.867. The second-order valence-electron chi connectivity index (χ2n) is 5.27. The van der Waals surface area contributed by atoms with Crippen LogP contribution in [0.2, 0.25) is 0 Å². The van der Waals surface area contributed by atoms with Crippen LogP contribution in [0.5, 0.6) is 0 Å². The SMILES string of the molecule is NC(CN1CCC(C(F)(F)F)CC1)c1ccc(F)cc1. The molecule has 1 unspecified atom stereocenters. The molecule has 112 valence electrons. The first kappa shape index (κ1) is 15.3. The first-order valence-electron chi connectivity index (χ1n) is 6.66. The summed E-state index contributed by atoms with van der Waals surface area (Å²) in [5.74, 6) is -1.52. The van der Waals surface area contributed by atoms with E-state index in [0.717, 1.165) is 5.56 Å². The van der Waals surface area contributed by atoms with Crippen molar-refractivity contribution in [3.63, 3.8) is 0 Å². The van der Waals surface area contributed by atoms with Crippen LogP contribution >= 0.6 is 0 Å². The van der Waals surface area contributed by atoms with Crippen LogP contribution in [0.4, 0.5) is 17.6 Å². The number of hydrogen-bond donors (Lipinski definition) is 1. The summed E-state index contributed by atoms with van der Waals surface area (Å²) in [4.78, 5) is 1.94. The van der Waals surface area contributed by atoms with Crippen LogP contribution in [0, 0.1) is 11.7 Å². The Morgan fingerprint density at radius 2 is 1.70 bits per heavy atom. The number of nitrogens with zero attached hydrogens (tertiary/aromatic N) is 1. The Morgan fingerprint density at radius 1 is 1.15 bits per heavy atom. The third-order valence-corrected chi connectivity index (χ3v) is 3.80. The Morgan fingerprint density at radius 3 is 2.20 bits per heavy atom. The third kappa shape index (κ3) is 3.93. The summed E-state index contributed by atoms with van der Waals surface area (Å²) < 4.78 is 50.5. The smallest absolute Gasteiger partial charge is 0.323 e. The minimum atomic E-state index is -4.09. The fraction of sp³-hybridized carbons (Fsp3) is 0.571. The van der Waals surface area contributed by atoms with Crippen molar-refractivity contribution in [3.8, 4) is 0 Å². The number of alkyl halides is 3. The summed E-state index contributed by atoms with van der Waals surface area (Å²) in [6.07, 6.45) is -3.84. The molecule has 1 aliphatic rings. The lowest BCUT2D eigenvalue weighted by Crippen LogP contribution is -2.41. The summed E-state index contributed by atoms with van der Waals surface area (Å²) in [5, 5.41) is 0. The van der Waals surface area contributed by atoms with Crippen molar-refractivity contribution in [1.29, 1.82) is 0 Å². The van der Waals surface area contributed by atoms with Gasteiger partial charge in [-0.15, -0.1) is 0 Å². The van der Waals surface area contributed by atoms with Crippen molar-refractivity contribution in [1.82, 2.24) is 4.90 Å². The average Bonchev–Trinajstić information content (AvgIpc) is 2.39. The largest absolute Gasteiger partial charge is 0.391 e. The van der Waals surface area contributed by atoms with Gasteiger partial charge in [-0.3, -0.25) is 0 Å². The molecule has 0 saturated carbocycles. The molecule has 1 aliphatic heterocycles. The van der Waals surface area contributed by atoms with Gasteiger partial charge in [-0.05, 0) is 43.6 Å². The van der Waals surface area contributed by atoms with Gasteiger partial charge in [0.25, 0.3) is 0 Å². The van der Waals surface area contributed by atoms with E-state index in [0.29, 0.717) is 19.6 Å². The molecule has 2 nitrogen and oxygen atoms in total. The second-order valence-corrected chi connectivity index (χ2v) is 5.27. The molecule has 1 heterocycles. The maximum absolute atomic E-state index is 12.8. The summed E-state index contributed by atoms with van der Waals surface area (Å²) >= 11 is 0. The lowest BCUT2D eigenvalue weighted by atomic mass is 9.95. The molecule has 1 aromatic carbocycles. The molecule has 0 aromatic heterocycles. The molecule has 0 amide bonds. The third-order valence-electron chi connectivity index (χ3n) is 3.80. The monoisotopic (exact) mass is 290 g/mol. The van der Waals surface area contributed by atoms with Crippen molar-refractivity contribution in [2.45, 2.75) is 25.1 Å². The van der Waals surface area contributed by atoms with Gasteiger partial charge in [-0.2, -0.15) is 13.2 Å². The Kier molecular flexibility index (Phi) is 4.65. The van der Waals surface area contributed by atoms with E-state index in [4.69, 9.17) is 5.73 Å². The standard InChI is InChI=1S/C14H18F4N2/c15-12-3-1-10(2-4-12)13(19)9-20-7-5-11(6-8-20)14(16,17)18/h1-4,11,13H,5-9,19H2. The topological polar surface area (TPSA) is 29.3 Å². The van der Waals surface area contributed by atoms with Crippen LogP contribution in [-0.2, 0) is 0 Å². The Hall–Kier alpha value is -1.14. The van der Waals surface area contributed by atoms with Crippen molar-refractivity contribution in [3.05, 3.63) is 35.6 Å². The van der Waals surface area contributed by atoms with Gasteiger partial charge in [-0.1, -0.05) is 12.1 Å². The molecule has 6 heteroatoms. The van der Waals surface area contributed by atoms with E-state index in [2.05, 4.69) is 0 Å². The summed E-state index contributed by atoms with van der Waals surface area (Å²) in [5.41, 5.74) is 6.81. The lowest BCUT2D eigenvalue weighted by Gasteiger charge is -2.34. The lowest BCUT2D eigenvalue weighted by molar-refractivity contribution is -0.185. The van der Waals surface area contributed by atoms with Crippen LogP contribution in [-0.4, -0.2) is 30.7 Å². The normalized spacial score (nSPS) is 20.1.